The number of nitro groups is 1. The van der Waals surface area contributed by atoms with Gasteiger partial charge in [0.05, 0.1) is 18.0 Å². The highest BCUT2D eigenvalue weighted by Gasteiger charge is 2.28. The van der Waals surface area contributed by atoms with Crippen molar-refractivity contribution in [2.75, 3.05) is 18.1 Å². The molecule has 1 saturated carbocycles. The average Bonchev–Trinajstić information content (AvgIpc) is 2.66. The maximum Gasteiger partial charge on any atom is 0.306 e. The Balaban J connectivity index is 2.33. The predicted molar refractivity (Wildman–Crippen MR) is 112 cm³/mol. The zero-order chi connectivity index (χ0) is 20.7. The van der Waals surface area contributed by atoms with Gasteiger partial charge in [-0.2, -0.15) is 0 Å². The van der Waals surface area contributed by atoms with Gasteiger partial charge in [0.2, 0.25) is 0 Å². The van der Waals surface area contributed by atoms with Crippen molar-refractivity contribution in [1.29, 1.82) is 0 Å². The molecule has 0 saturated heterocycles. The lowest BCUT2D eigenvalue weighted by Crippen LogP contribution is -2.39. The largest absolute Gasteiger partial charge is 0.466 e. The van der Waals surface area contributed by atoms with Crippen LogP contribution >= 0.6 is 0 Å². The number of nitro benzene ring substituents is 1. The van der Waals surface area contributed by atoms with Gasteiger partial charge in [-0.05, 0) is 43.2 Å². The van der Waals surface area contributed by atoms with E-state index in [1.165, 1.54) is 19.3 Å². The van der Waals surface area contributed by atoms with Gasteiger partial charge in [0.1, 0.15) is 5.69 Å². The van der Waals surface area contributed by atoms with Crippen molar-refractivity contribution < 1.29 is 14.5 Å². The van der Waals surface area contributed by atoms with Crippen LogP contribution in [-0.2, 0) is 9.53 Å². The predicted octanol–water partition coefficient (Wildman–Crippen LogP) is 5.45. The third-order valence-corrected chi connectivity index (χ3v) is 5.43. The lowest BCUT2D eigenvalue weighted by molar-refractivity contribution is -0.384. The molecule has 1 aliphatic rings. The minimum absolute atomic E-state index is 0.125. The summed E-state index contributed by atoms with van der Waals surface area (Å²) in [5.74, 6) is 0.0225. The van der Waals surface area contributed by atoms with Crippen molar-refractivity contribution in [3.63, 3.8) is 0 Å². The number of rotatable bonds is 9. The third-order valence-electron chi connectivity index (χ3n) is 5.43. The van der Waals surface area contributed by atoms with Gasteiger partial charge in [-0.15, -0.1) is 0 Å². The number of hydrogen-bond donors (Lipinski definition) is 0. The lowest BCUT2D eigenvalue weighted by Gasteiger charge is -2.37. The second kappa shape index (κ2) is 10.4. The van der Waals surface area contributed by atoms with Crippen LogP contribution in [0.5, 0.6) is 0 Å². The number of esters is 1. The van der Waals surface area contributed by atoms with Crippen LogP contribution in [0.2, 0.25) is 0 Å². The van der Waals surface area contributed by atoms with Crippen molar-refractivity contribution in [3.05, 3.63) is 33.9 Å². The number of hydrogen-bond acceptors (Lipinski definition) is 5. The van der Waals surface area contributed by atoms with Gasteiger partial charge < -0.3 is 9.64 Å². The molecule has 2 rings (SSSR count). The molecule has 6 heteroatoms. The summed E-state index contributed by atoms with van der Waals surface area (Å²) in [4.78, 5) is 25.6. The summed E-state index contributed by atoms with van der Waals surface area (Å²) in [5.41, 5.74) is 1.65. The van der Waals surface area contributed by atoms with Crippen molar-refractivity contribution in [2.45, 2.75) is 78.2 Å². The molecule has 0 amide bonds. The van der Waals surface area contributed by atoms with E-state index in [9.17, 15) is 14.9 Å². The Bertz CT molecular complexity index is 669. The fraction of sp³-hybridized carbons (Fsp3) is 0.682. The first-order chi connectivity index (χ1) is 13.3. The van der Waals surface area contributed by atoms with E-state index in [4.69, 9.17) is 4.74 Å². The molecule has 0 heterocycles. The first-order valence-electron chi connectivity index (χ1n) is 10.5. The summed E-state index contributed by atoms with van der Waals surface area (Å²) in [6.07, 6.45) is 6.01. The molecule has 1 aromatic carbocycles. The molecule has 0 radical (unpaired) electrons. The molecule has 0 spiro atoms. The second-order valence-electron chi connectivity index (χ2n) is 8.25. The summed E-state index contributed by atoms with van der Waals surface area (Å²) in [7, 11) is 0. The molecular weight excluding hydrogens is 356 g/mol. The van der Waals surface area contributed by atoms with Crippen LogP contribution in [0.1, 0.15) is 77.7 Å². The normalized spacial score (nSPS) is 16.0. The Kier molecular flexibility index (Phi) is 8.27. The summed E-state index contributed by atoms with van der Waals surface area (Å²) in [6.45, 7) is 9.13. The highest BCUT2D eigenvalue weighted by atomic mass is 16.6. The SMILES string of the molecule is CCOC(=O)CC(C)c1ccc(N(CC(C)C)C2CCCCC2)c([N+](=O)[O-])c1. The van der Waals surface area contributed by atoms with E-state index in [0.717, 1.165) is 24.9 Å². The Labute approximate surface area is 168 Å². The zero-order valence-corrected chi connectivity index (χ0v) is 17.6. The second-order valence-corrected chi connectivity index (χ2v) is 8.25. The highest BCUT2D eigenvalue weighted by Crippen LogP contribution is 2.36. The van der Waals surface area contributed by atoms with Crippen LogP contribution in [0.4, 0.5) is 11.4 Å². The maximum atomic E-state index is 11.9. The first-order valence-corrected chi connectivity index (χ1v) is 10.5. The quantitative estimate of drug-likeness (QED) is 0.319. The summed E-state index contributed by atoms with van der Waals surface area (Å²) < 4.78 is 5.02. The number of ether oxygens (including phenoxy) is 1. The van der Waals surface area contributed by atoms with E-state index < -0.39 is 0 Å². The van der Waals surface area contributed by atoms with Crippen molar-refractivity contribution in [2.24, 2.45) is 5.92 Å². The van der Waals surface area contributed by atoms with Crippen LogP contribution in [0, 0.1) is 16.0 Å². The minimum atomic E-state index is -0.286. The smallest absolute Gasteiger partial charge is 0.306 e. The van der Waals surface area contributed by atoms with Gasteiger partial charge in [0, 0.05) is 18.7 Å². The van der Waals surface area contributed by atoms with Gasteiger partial charge in [-0.1, -0.05) is 46.1 Å². The van der Waals surface area contributed by atoms with Gasteiger partial charge in [0.15, 0.2) is 0 Å². The Morgan fingerprint density at radius 3 is 2.50 bits per heavy atom. The van der Waals surface area contributed by atoms with Crippen LogP contribution in [0.25, 0.3) is 0 Å². The van der Waals surface area contributed by atoms with E-state index in [2.05, 4.69) is 18.7 Å². The highest BCUT2D eigenvalue weighted by molar-refractivity contribution is 5.71. The van der Waals surface area contributed by atoms with Crippen molar-refractivity contribution in [1.82, 2.24) is 0 Å². The molecule has 0 N–H and O–H groups in total. The lowest BCUT2D eigenvalue weighted by atomic mass is 9.92. The van der Waals surface area contributed by atoms with Crippen LogP contribution in [0.3, 0.4) is 0 Å². The fourth-order valence-corrected chi connectivity index (χ4v) is 4.05. The van der Waals surface area contributed by atoms with E-state index in [1.807, 2.05) is 19.1 Å². The summed E-state index contributed by atoms with van der Waals surface area (Å²) >= 11 is 0. The molecular formula is C22H34N2O4. The fourth-order valence-electron chi connectivity index (χ4n) is 4.05. The Hall–Kier alpha value is -2.11. The van der Waals surface area contributed by atoms with Crippen LogP contribution in [-0.4, -0.2) is 30.1 Å². The summed E-state index contributed by atoms with van der Waals surface area (Å²) in [5, 5.41) is 11.9. The van der Waals surface area contributed by atoms with Crippen LogP contribution < -0.4 is 4.90 Å². The van der Waals surface area contributed by atoms with Crippen LogP contribution in [0.15, 0.2) is 18.2 Å². The molecule has 0 aliphatic heterocycles. The van der Waals surface area contributed by atoms with Gasteiger partial charge in [-0.3, -0.25) is 14.9 Å². The molecule has 1 unspecified atom stereocenters. The topological polar surface area (TPSA) is 72.7 Å². The molecule has 1 fully saturated rings. The first kappa shape index (κ1) is 22.2. The number of benzene rings is 1. The molecule has 0 bridgehead atoms. The third kappa shape index (κ3) is 5.94. The molecule has 6 nitrogen and oxygen atoms in total. The Morgan fingerprint density at radius 1 is 1.25 bits per heavy atom. The standard InChI is InChI=1S/C22H34N2O4/c1-5-28-22(25)13-17(4)18-11-12-20(21(14-18)24(26)27)23(15-16(2)3)19-9-7-6-8-10-19/h11-12,14,16-17,19H,5-10,13,15H2,1-4H3. The summed E-state index contributed by atoms with van der Waals surface area (Å²) in [6, 6.07) is 5.82. The minimum Gasteiger partial charge on any atom is -0.466 e. The molecule has 1 aromatic rings. The van der Waals surface area contributed by atoms with Crippen molar-refractivity contribution in [3.8, 4) is 0 Å². The molecule has 1 atom stereocenters. The van der Waals surface area contributed by atoms with E-state index in [-0.39, 0.29) is 28.9 Å². The number of nitrogens with zero attached hydrogens (tertiary/aromatic N) is 2. The van der Waals surface area contributed by atoms with Gasteiger partial charge in [0.25, 0.3) is 5.69 Å². The molecule has 28 heavy (non-hydrogen) atoms. The number of anilines is 1. The van der Waals surface area contributed by atoms with E-state index >= 15 is 0 Å². The average molecular weight is 391 g/mol. The number of carbonyl (C=O) groups excluding carboxylic acids is 1. The molecule has 1 aliphatic carbocycles. The van der Waals surface area contributed by atoms with Gasteiger partial charge in [-0.25, -0.2) is 0 Å². The van der Waals surface area contributed by atoms with Crippen molar-refractivity contribution >= 4 is 17.3 Å². The van der Waals surface area contributed by atoms with E-state index in [0.29, 0.717) is 24.3 Å². The number of carbonyl (C=O) groups is 1. The molecule has 156 valence electrons. The maximum absolute atomic E-state index is 11.9. The molecule has 0 aromatic heterocycles. The monoisotopic (exact) mass is 390 g/mol. The zero-order valence-electron chi connectivity index (χ0n) is 17.6. The Morgan fingerprint density at radius 2 is 1.93 bits per heavy atom. The van der Waals surface area contributed by atoms with Gasteiger partial charge >= 0.3 is 5.97 Å². The van der Waals surface area contributed by atoms with E-state index in [1.54, 1.807) is 13.0 Å².